The predicted molar refractivity (Wildman–Crippen MR) is 73.4 cm³/mol. The molecule has 0 bridgehead atoms. The molecule has 0 radical (unpaired) electrons. The molecule has 0 saturated carbocycles. The molecule has 1 aromatic carbocycles. The number of benzene rings is 1. The molecule has 18 heavy (non-hydrogen) atoms. The fraction of sp³-hybridized carbons (Fsp3) is 0.571. The van der Waals surface area contributed by atoms with Crippen molar-refractivity contribution in [2.75, 3.05) is 25.4 Å². The Kier molecular flexibility index (Phi) is 5.03. The minimum Gasteiger partial charge on any atom is -0.393 e. The maximum atomic E-state index is 12.7. The summed E-state index contributed by atoms with van der Waals surface area (Å²) in [6.07, 6.45) is 0.901. The maximum absolute atomic E-state index is 12.7. The number of likely N-dealkylation sites (tertiary alicyclic amines) is 1. The quantitative estimate of drug-likeness (QED) is 0.831. The Morgan fingerprint density at radius 1 is 1.44 bits per heavy atom. The van der Waals surface area contributed by atoms with Crippen LogP contribution in [0.15, 0.2) is 29.2 Å². The number of aliphatic hydroxyl groups is 1. The van der Waals surface area contributed by atoms with Crippen LogP contribution in [-0.4, -0.2) is 41.5 Å². The lowest BCUT2D eigenvalue weighted by atomic mass is 10.0. The van der Waals surface area contributed by atoms with Gasteiger partial charge >= 0.3 is 0 Å². The Hall–Kier alpha value is -0.580. The van der Waals surface area contributed by atoms with Crippen molar-refractivity contribution in [3.63, 3.8) is 0 Å². The zero-order chi connectivity index (χ0) is 13.0. The van der Waals surface area contributed by atoms with Crippen molar-refractivity contribution in [3.8, 4) is 0 Å². The van der Waals surface area contributed by atoms with Crippen molar-refractivity contribution in [1.29, 1.82) is 0 Å². The second kappa shape index (κ2) is 6.55. The first-order valence-electron chi connectivity index (χ1n) is 6.44. The third-order valence-electron chi connectivity index (χ3n) is 3.48. The van der Waals surface area contributed by atoms with Gasteiger partial charge in [-0.15, -0.1) is 11.8 Å². The van der Waals surface area contributed by atoms with Gasteiger partial charge in [0.05, 0.1) is 6.10 Å². The molecule has 1 aliphatic rings. The Balaban J connectivity index is 1.68. The molecule has 0 spiro atoms. The number of halogens is 1. The molecule has 1 heterocycles. The average molecular weight is 269 g/mol. The van der Waals surface area contributed by atoms with E-state index < -0.39 is 0 Å². The first-order chi connectivity index (χ1) is 8.65. The number of rotatable bonds is 5. The number of hydrogen-bond acceptors (Lipinski definition) is 3. The zero-order valence-corrected chi connectivity index (χ0v) is 11.5. The summed E-state index contributed by atoms with van der Waals surface area (Å²) >= 11 is 1.75. The first-order valence-corrected chi connectivity index (χ1v) is 7.42. The standard InChI is InChI=1S/C14H20FNOS/c1-11(17)12-6-7-16(10-12)8-9-18-14-4-2-13(15)3-5-14/h2-5,11-12,17H,6-10H2,1H3. The summed E-state index contributed by atoms with van der Waals surface area (Å²) in [6.45, 7) is 4.99. The molecule has 1 aromatic rings. The molecule has 1 aliphatic heterocycles. The van der Waals surface area contributed by atoms with Gasteiger partial charge in [0.2, 0.25) is 0 Å². The predicted octanol–water partition coefficient (Wildman–Crippen LogP) is 2.62. The number of thioether (sulfide) groups is 1. The van der Waals surface area contributed by atoms with Crippen LogP contribution in [0, 0.1) is 11.7 Å². The summed E-state index contributed by atoms with van der Waals surface area (Å²) in [6, 6.07) is 6.65. The highest BCUT2D eigenvalue weighted by molar-refractivity contribution is 7.99. The van der Waals surface area contributed by atoms with Crippen LogP contribution >= 0.6 is 11.8 Å². The van der Waals surface area contributed by atoms with Gasteiger partial charge in [-0.1, -0.05) is 0 Å². The first kappa shape index (κ1) is 13.8. The maximum Gasteiger partial charge on any atom is 0.123 e. The summed E-state index contributed by atoms with van der Waals surface area (Å²) in [5.41, 5.74) is 0. The van der Waals surface area contributed by atoms with Crippen LogP contribution in [0.25, 0.3) is 0 Å². The van der Waals surface area contributed by atoms with Crippen LogP contribution in [-0.2, 0) is 0 Å². The van der Waals surface area contributed by atoms with E-state index in [1.54, 1.807) is 11.8 Å². The molecule has 2 unspecified atom stereocenters. The van der Waals surface area contributed by atoms with E-state index in [2.05, 4.69) is 4.90 Å². The van der Waals surface area contributed by atoms with E-state index in [0.29, 0.717) is 5.92 Å². The van der Waals surface area contributed by atoms with Crippen molar-refractivity contribution < 1.29 is 9.50 Å². The van der Waals surface area contributed by atoms with Gasteiger partial charge in [-0.05, 0) is 50.1 Å². The second-order valence-electron chi connectivity index (χ2n) is 4.89. The molecule has 2 atom stereocenters. The molecular formula is C14H20FNOS. The van der Waals surface area contributed by atoms with Crippen molar-refractivity contribution in [3.05, 3.63) is 30.1 Å². The lowest BCUT2D eigenvalue weighted by Crippen LogP contribution is -2.26. The largest absolute Gasteiger partial charge is 0.393 e. The molecule has 1 N–H and O–H groups in total. The van der Waals surface area contributed by atoms with Gasteiger partial charge in [0.1, 0.15) is 5.82 Å². The van der Waals surface area contributed by atoms with Gasteiger partial charge in [0.15, 0.2) is 0 Å². The molecule has 100 valence electrons. The van der Waals surface area contributed by atoms with Crippen LogP contribution in [0.4, 0.5) is 4.39 Å². The van der Waals surface area contributed by atoms with Crippen LogP contribution in [0.3, 0.4) is 0 Å². The number of nitrogens with zero attached hydrogens (tertiary/aromatic N) is 1. The van der Waals surface area contributed by atoms with E-state index in [-0.39, 0.29) is 11.9 Å². The highest BCUT2D eigenvalue weighted by Crippen LogP contribution is 2.22. The van der Waals surface area contributed by atoms with Crippen molar-refractivity contribution in [2.45, 2.75) is 24.3 Å². The van der Waals surface area contributed by atoms with Gasteiger partial charge in [0.25, 0.3) is 0 Å². The molecule has 0 aromatic heterocycles. The van der Waals surface area contributed by atoms with Crippen molar-refractivity contribution in [1.82, 2.24) is 4.90 Å². The van der Waals surface area contributed by atoms with Gasteiger partial charge in [-0.25, -0.2) is 4.39 Å². The van der Waals surface area contributed by atoms with E-state index in [1.165, 1.54) is 12.1 Å². The highest BCUT2D eigenvalue weighted by Gasteiger charge is 2.25. The Morgan fingerprint density at radius 2 is 2.17 bits per heavy atom. The van der Waals surface area contributed by atoms with Crippen LogP contribution < -0.4 is 0 Å². The van der Waals surface area contributed by atoms with Gasteiger partial charge in [-0.3, -0.25) is 0 Å². The molecule has 1 fully saturated rings. The smallest absolute Gasteiger partial charge is 0.123 e. The van der Waals surface area contributed by atoms with Gasteiger partial charge < -0.3 is 10.0 Å². The number of hydrogen-bond donors (Lipinski definition) is 1. The minimum atomic E-state index is -0.195. The third-order valence-corrected chi connectivity index (χ3v) is 4.47. The van der Waals surface area contributed by atoms with Crippen molar-refractivity contribution >= 4 is 11.8 Å². The summed E-state index contributed by atoms with van der Waals surface area (Å²) in [5, 5.41) is 9.53. The summed E-state index contributed by atoms with van der Waals surface area (Å²) in [4.78, 5) is 3.51. The third kappa shape index (κ3) is 3.97. The van der Waals surface area contributed by atoms with E-state index in [1.807, 2.05) is 19.1 Å². The van der Waals surface area contributed by atoms with E-state index >= 15 is 0 Å². The molecule has 0 amide bonds. The summed E-state index contributed by atoms with van der Waals surface area (Å²) < 4.78 is 12.7. The minimum absolute atomic E-state index is 0.182. The van der Waals surface area contributed by atoms with Crippen LogP contribution in [0.5, 0.6) is 0 Å². The van der Waals surface area contributed by atoms with Crippen LogP contribution in [0.1, 0.15) is 13.3 Å². The molecule has 0 aliphatic carbocycles. The number of aliphatic hydroxyl groups excluding tert-OH is 1. The molecule has 2 nitrogen and oxygen atoms in total. The van der Waals surface area contributed by atoms with Crippen molar-refractivity contribution in [2.24, 2.45) is 5.92 Å². The SMILES string of the molecule is CC(O)C1CCN(CCSc2ccc(F)cc2)C1. The molecule has 2 rings (SSSR count). The lowest BCUT2D eigenvalue weighted by molar-refractivity contribution is 0.128. The lowest BCUT2D eigenvalue weighted by Gasteiger charge is -2.16. The van der Waals surface area contributed by atoms with Gasteiger partial charge in [-0.2, -0.15) is 0 Å². The average Bonchev–Trinajstić information content (AvgIpc) is 2.81. The van der Waals surface area contributed by atoms with Gasteiger partial charge in [0, 0.05) is 23.7 Å². The zero-order valence-electron chi connectivity index (χ0n) is 10.7. The molecular weight excluding hydrogens is 249 g/mol. The fourth-order valence-electron chi connectivity index (χ4n) is 2.28. The normalized spacial score (nSPS) is 22.3. The second-order valence-corrected chi connectivity index (χ2v) is 6.06. The molecule has 1 saturated heterocycles. The summed E-state index contributed by atoms with van der Waals surface area (Å²) in [5.74, 6) is 1.26. The van der Waals surface area contributed by atoms with E-state index in [4.69, 9.17) is 0 Å². The Bertz CT molecular complexity index is 369. The Labute approximate surface area is 112 Å². The highest BCUT2D eigenvalue weighted by atomic mass is 32.2. The fourth-order valence-corrected chi connectivity index (χ4v) is 3.20. The van der Waals surface area contributed by atoms with E-state index in [0.717, 1.165) is 36.7 Å². The summed E-state index contributed by atoms with van der Waals surface area (Å²) in [7, 11) is 0. The monoisotopic (exact) mass is 269 g/mol. The topological polar surface area (TPSA) is 23.5 Å². The van der Waals surface area contributed by atoms with Crippen LogP contribution in [0.2, 0.25) is 0 Å². The van der Waals surface area contributed by atoms with E-state index in [9.17, 15) is 9.50 Å². The Morgan fingerprint density at radius 3 is 2.78 bits per heavy atom. The molecule has 4 heteroatoms.